The van der Waals surface area contributed by atoms with Crippen LogP contribution < -0.4 is 5.32 Å². The second-order valence-corrected chi connectivity index (χ2v) is 8.56. The molecule has 0 spiro atoms. The highest BCUT2D eigenvalue weighted by atomic mass is 35.5. The Labute approximate surface area is 190 Å². The normalized spacial score (nSPS) is 15.3. The molecule has 1 fully saturated rings. The minimum Gasteiger partial charge on any atom is -0.350 e. The minimum atomic E-state index is -0.454. The van der Waals surface area contributed by atoms with Crippen molar-refractivity contribution >= 4 is 81.3 Å². The first kappa shape index (κ1) is 22.0. The summed E-state index contributed by atoms with van der Waals surface area (Å²) in [6.45, 7) is 0.0954. The molecule has 0 aliphatic carbocycles. The van der Waals surface area contributed by atoms with E-state index in [0.29, 0.717) is 20.6 Å². The first-order valence-electron chi connectivity index (χ1n) is 8.20. The van der Waals surface area contributed by atoms with E-state index in [2.05, 4.69) is 5.32 Å². The molecule has 0 unspecified atom stereocenters. The molecule has 0 saturated carbocycles. The third kappa shape index (κ3) is 5.27. The van der Waals surface area contributed by atoms with E-state index in [1.54, 1.807) is 24.3 Å². The molecule has 0 aromatic heterocycles. The molecule has 0 atom stereocenters. The molecule has 1 aliphatic rings. The number of nitrogens with one attached hydrogen (secondary N) is 1. The lowest BCUT2D eigenvalue weighted by molar-refractivity contribution is -0.122. The highest BCUT2D eigenvalue weighted by molar-refractivity contribution is 8.18. The number of nitrogens with zero attached hydrogens (tertiary/aromatic N) is 1. The average Bonchev–Trinajstić information content (AvgIpc) is 2.91. The van der Waals surface area contributed by atoms with Gasteiger partial charge in [-0.3, -0.25) is 19.3 Å². The first-order valence-corrected chi connectivity index (χ1v) is 10.5. The number of amides is 3. The van der Waals surface area contributed by atoms with E-state index in [1.165, 1.54) is 18.2 Å². The third-order valence-corrected chi connectivity index (χ3v) is 5.94. The average molecular weight is 490 g/mol. The van der Waals surface area contributed by atoms with Crippen LogP contribution in [0.2, 0.25) is 20.1 Å². The van der Waals surface area contributed by atoms with Crippen molar-refractivity contribution in [2.45, 2.75) is 0 Å². The van der Waals surface area contributed by atoms with Crippen LogP contribution in [0.3, 0.4) is 0 Å². The molecule has 150 valence electrons. The molecule has 1 saturated heterocycles. The number of thioether (sulfide) groups is 1. The van der Waals surface area contributed by atoms with Crippen molar-refractivity contribution in [2.24, 2.45) is 0 Å². The molecule has 1 heterocycles. The van der Waals surface area contributed by atoms with Crippen molar-refractivity contribution in [3.05, 3.63) is 72.5 Å². The second-order valence-electron chi connectivity index (χ2n) is 5.88. The Balaban J connectivity index is 1.63. The number of imide groups is 1. The SMILES string of the molecule is O=C(NCCN1C(=O)SC(=Cc2ccc(Cl)cc2Cl)C1=O)c1ccc(Cl)cc1Cl. The Morgan fingerprint density at radius 1 is 1.00 bits per heavy atom. The predicted molar refractivity (Wildman–Crippen MR) is 118 cm³/mol. The van der Waals surface area contributed by atoms with Crippen LogP contribution in [0, 0.1) is 0 Å². The van der Waals surface area contributed by atoms with Crippen LogP contribution in [-0.2, 0) is 4.79 Å². The predicted octanol–water partition coefficient (Wildman–Crippen LogP) is 5.77. The Bertz CT molecular complexity index is 1040. The largest absolute Gasteiger partial charge is 0.350 e. The van der Waals surface area contributed by atoms with Gasteiger partial charge in [0.25, 0.3) is 17.1 Å². The van der Waals surface area contributed by atoms with Gasteiger partial charge in [-0.25, -0.2) is 0 Å². The monoisotopic (exact) mass is 488 g/mol. The van der Waals surface area contributed by atoms with Gasteiger partial charge in [-0.2, -0.15) is 0 Å². The number of hydrogen-bond donors (Lipinski definition) is 1. The summed E-state index contributed by atoms with van der Waals surface area (Å²) >= 11 is 24.6. The van der Waals surface area contributed by atoms with E-state index in [-0.39, 0.29) is 28.6 Å². The molecule has 10 heteroatoms. The second kappa shape index (κ2) is 9.41. The van der Waals surface area contributed by atoms with Gasteiger partial charge in [0.1, 0.15) is 0 Å². The number of carbonyl (C=O) groups is 3. The van der Waals surface area contributed by atoms with Crippen LogP contribution >= 0.6 is 58.2 Å². The number of benzene rings is 2. The lowest BCUT2D eigenvalue weighted by Gasteiger charge is -2.13. The van der Waals surface area contributed by atoms with E-state index < -0.39 is 17.1 Å². The molecule has 5 nitrogen and oxygen atoms in total. The van der Waals surface area contributed by atoms with Gasteiger partial charge in [-0.15, -0.1) is 0 Å². The summed E-state index contributed by atoms with van der Waals surface area (Å²) in [7, 11) is 0. The van der Waals surface area contributed by atoms with Crippen LogP contribution in [0.25, 0.3) is 6.08 Å². The zero-order valence-electron chi connectivity index (χ0n) is 14.5. The standard InChI is InChI=1S/C19H12Cl4N2O3S/c20-11-2-1-10(14(22)8-11)7-16-18(27)25(19(28)29-16)6-5-24-17(26)13-4-3-12(21)9-15(13)23/h1-4,7-9H,5-6H2,(H,24,26). The van der Waals surface area contributed by atoms with Crippen LogP contribution in [-0.4, -0.2) is 35.0 Å². The van der Waals surface area contributed by atoms with E-state index in [0.717, 1.165) is 16.7 Å². The highest BCUT2D eigenvalue weighted by Gasteiger charge is 2.34. The maximum Gasteiger partial charge on any atom is 0.293 e. The quantitative estimate of drug-likeness (QED) is 0.541. The smallest absolute Gasteiger partial charge is 0.293 e. The summed E-state index contributed by atoms with van der Waals surface area (Å²) in [5.74, 6) is -0.882. The van der Waals surface area contributed by atoms with Crippen LogP contribution in [0.4, 0.5) is 4.79 Å². The zero-order valence-corrected chi connectivity index (χ0v) is 18.4. The van der Waals surface area contributed by atoms with Gasteiger partial charge in [0.15, 0.2) is 0 Å². The summed E-state index contributed by atoms with van der Waals surface area (Å²) in [6.07, 6.45) is 1.54. The summed E-state index contributed by atoms with van der Waals surface area (Å²) in [5, 5.41) is 3.67. The van der Waals surface area contributed by atoms with Crippen LogP contribution in [0.15, 0.2) is 41.3 Å². The Kier molecular flexibility index (Phi) is 7.14. The van der Waals surface area contributed by atoms with Crippen molar-refractivity contribution in [3.8, 4) is 0 Å². The van der Waals surface area contributed by atoms with Crippen molar-refractivity contribution in [1.29, 1.82) is 0 Å². The molecule has 1 N–H and O–H groups in total. The van der Waals surface area contributed by atoms with Gasteiger partial charge in [0, 0.05) is 28.2 Å². The minimum absolute atomic E-state index is 0.0211. The third-order valence-electron chi connectivity index (χ3n) is 3.92. The van der Waals surface area contributed by atoms with Gasteiger partial charge >= 0.3 is 0 Å². The highest BCUT2D eigenvalue weighted by Crippen LogP contribution is 2.33. The Morgan fingerprint density at radius 3 is 2.31 bits per heavy atom. The topological polar surface area (TPSA) is 66.5 Å². The Morgan fingerprint density at radius 2 is 1.66 bits per heavy atom. The lowest BCUT2D eigenvalue weighted by atomic mass is 10.2. The molecular weight excluding hydrogens is 478 g/mol. The first-order chi connectivity index (χ1) is 13.8. The molecule has 3 rings (SSSR count). The maximum absolute atomic E-state index is 12.5. The van der Waals surface area contributed by atoms with Crippen LogP contribution in [0.1, 0.15) is 15.9 Å². The van der Waals surface area contributed by atoms with Gasteiger partial charge in [0.05, 0.1) is 15.5 Å². The van der Waals surface area contributed by atoms with E-state index in [4.69, 9.17) is 46.4 Å². The summed E-state index contributed by atoms with van der Waals surface area (Å²) in [5.41, 5.74) is 0.828. The summed E-state index contributed by atoms with van der Waals surface area (Å²) in [4.78, 5) is 38.2. The maximum atomic E-state index is 12.5. The van der Waals surface area contributed by atoms with Crippen LogP contribution in [0.5, 0.6) is 0 Å². The number of halogens is 4. The molecule has 3 amide bonds. The van der Waals surface area contributed by atoms with Crippen molar-refractivity contribution < 1.29 is 14.4 Å². The number of hydrogen-bond acceptors (Lipinski definition) is 4. The van der Waals surface area contributed by atoms with Crippen molar-refractivity contribution in [2.75, 3.05) is 13.1 Å². The van der Waals surface area contributed by atoms with Gasteiger partial charge in [0.2, 0.25) is 0 Å². The fourth-order valence-corrected chi connectivity index (χ4v) is 4.32. The lowest BCUT2D eigenvalue weighted by Crippen LogP contribution is -2.37. The van der Waals surface area contributed by atoms with Gasteiger partial charge < -0.3 is 5.32 Å². The number of carbonyl (C=O) groups excluding carboxylic acids is 3. The van der Waals surface area contributed by atoms with Crippen molar-refractivity contribution in [3.63, 3.8) is 0 Å². The number of rotatable bonds is 5. The summed E-state index contributed by atoms with van der Waals surface area (Å²) in [6, 6.07) is 9.36. The molecule has 2 aromatic rings. The molecular formula is C19H12Cl4N2O3S. The summed E-state index contributed by atoms with van der Waals surface area (Å²) < 4.78 is 0. The van der Waals surface area contributed by atoms with Crippen molar-refractivity contribution in [1.82, 2.24) is 10.2 Å². The molecule has 0 radical (unpaired) electrons. The fraction of sp³-hybridized carbons (Fsp3) is 0.105. The molecule has 2 aromatic carbocycles. The fourth-order valence-electron chi connectivity index (χ4n) is 2.50. The molecule has 29 heavy (non-hydrogen) atoms. The Hall–Kier alpha value is -1.70. The van der Waals surface area contributed by atoms with E-state index in [9.17, 15) is 14.4 Å². The molecule has 0 bridgehead atoms. The van der Waals surface area contributed by atoms with Gasteiger partial charge in [-0.1, -0.05) is 52.5 Å². The zero-order chi connectivity index (χ0) is 21.1. The molecule has 1 aliphatic heterocycles. The van der Waals surface area contributed by atoms with E-state index >= 15 is 0 Å². The van der Waals surface area contributed by atoms with E-state index in [1.807, 2.05) is 0 Å². The van der Waals surface area contributed by atoms with Gasteiger partial charge in [-0.05, 0) is 53.7 Å².